The van der Waals surface area contributed by atoms with Crippen molar-refractivity contribution < 1.29 is 22.8 Å². The molecule has 2 rings (SSSR count). The standard InChI is InChI=1S/C15H12F3N3O2/c16-15(17,18)9-5-7-10(8-6-9)20-14(23)21-13(22)11-3-1-2-4-12(11)19/h1-8H,19H2,(H2,20,21,22,23). The summed E-state index contributed by atoms with van der Waals surface area (Å²) in [6, 6.07) is 9.11. The highest BCUT2D eigenvalue weighted by atomic mass is 19.4. The van der Waals surface area contributed by atoms with E-state index in [0.717, 1.165) is 24.3 Å². The molecular formula is C15H12F3N3O2. The summed E-state index contributed by atoms with van der Waals surface area (Å²) in [5, 5.41) is 4.30. The molecule has 2 aromatic rings. The Morgan fingerprint density at radius 3 is 2.13 bits per heavy atom. The molecule has 0 saturated heterocycles. The minimum absolute atomic E-state index is 0.115. The van der Waals surface area contributed by atoms with Gasteiger partial charge in [0.15, 0.2) is 0 Å². The van der Waals surface area contributed by atoms with E-state index in [1.165, 1.54) is 12.1 Å². The third-order valence-electron chi connectivity index (χ3n) is 2.90. The number of nitrogens with one attached hydrogen (secondary N) is 2. The molecule has 0 saturated carbocycles. The normalized spacial score (nSPS) is 10.9. The smallest absolute Gasteiger partial charge is 0.398 e. The number of nitrogen functional groups attached to an aromatic ring is 1. The Labute approximate surface area is 129 Å². The minimum atomic E-state index is -4.46. The molecule has 0 bridgehead atoms. The average Bonchev–Trinajstić information content (AvgIpc) is 2.47. The Balaban J connectivity index is 2.00. The number of anilines is 2. The second-order valence-electron chi connectivity index (χ2n) is 4.57. The van der Waals surface area contributed by atoms with Crippen molar-refractivity contribution in [3.05, 3.63) is 59.7 Å². The van der Waals surface area contributed by atoms with Crippen molar-refractivity contribution in [1.29, 1.82) is 0 Å². The van der Waals surface area contributed by atoms with Gasteiger partial charge >= 0.3 is 12.2 Å². The van der Waals surface area contributed by atoms with Gasteiger partial charge in [-0.3, -0.25) is 10.1 Å². The number of benzene rings is 2. The van der Waals surface area contributed by atoms with Crippen LogP contribution in [0, 0.1) is 0 Å². The summed E-state index contributed by atoms with van der Waals surface area (Å²) < 4.78 is 37.3. The molecule has 23 heavy (non-hydrogen) atoms. The van der Waals surface area contributed by atoms with Crippen LogP contribution in [0.3, 0.4) is 0 Å². The molecule has 8 heteroatoms. The number of alkyl halides is 3. The van der Waals surface area contributed by atoms with Gasteiger partial charge in [-0.05, 0) is 36.4 Å². The Morgan fingerprint density at radius 2 is 1.57 bits per heavy atom. The first kappa shape index (κ1) is 16.3. The summed E-state index contributed by atoms with van der Waals surface area (Å²) in [6.07, 6.45) is -4.46. The van der Waals surface area contributed by atoms with Crippen LogP contribution in [-0.2, 0) is 6.18 Å². The molecule has 0 aliphatic rings. The fourth-order valence-corrected chi connectivity index (χ4v) is 1.78. The minimum Gasteiger partial charge on any atom is -0.398 e. The van der Waals surface area contributed by atoms with Gasteiger partial charge in [0.05, 0.1) is 11.1 Å². The zero-order valence-electron chi connectivity index (χ0n) is 11.6. The number of para-hydroxylation sites is 1. The van der Waals surface area contributed by atoms with E-state index in [0.29, 0.717) is 0 Å². The van der Waals surface area contributed by atoms with Crippen LogP contribution < -0.4 is 16.4 Å². The molecule has 0 aliphatic heterocycles. The Morgan fingerprint density at radius 1 is 0.957 bits per heavy atom. The maximum atomic E-state index is 12.4. The van der Waals surface area contributed by atoms with E-state index in [-0.39, 0.29) is 16.9 Å². The molecule has 0 unspecified atom stereocenters. The third-order valence-corrected chi connectivity index (χ3v) is 2.90. The van der Waals surface area contributed by atoms with E-state index in [1.807, 2.05) is 5.32 Å². The highest BCUT2D eigenvalue weighted by molar-refractivity contribution is 6.10. The van der Waals surface area contributed by atoms with Crippen LogP contribution in [-0.4, -0.2) is 11.9 Å². The van der Waals surface area contributed by atoms with Crippen LogP contribution in [0.2, 0.25) is 0 Å². The van der Waals surface area contributed by atoms with Crippen molar-refractivity contribution in [3.8, 4) is 0 Å². The van der Waals surface area contributed by atoms with Gasteiger partial charge in [-0.1, -0.05) is 12.1 Å². The van der Waals surface area contributed by atoms with E-state index >= 15 is 0 Å². The second kappa shape index (κ2) is 6.39. The molecule has 4 N–H and O–H groups in total. The van der Waals surface area contributed by atoms with Gasteiger partial charge in [0, 0.05) is 11.4 Å². The summed E-state index contributed by atoms with van der Waals surface area (Å²) in [5.41, 5.74) is 5.21. The zero-order chi connectivity index (χ0) is 17.0. The van der Waals surface area contributed by atoms with Crippen LogP contribution >= 0.6 is 0 Å². The maximum absolute atomic E-state index is 12.4. The maximum Gasteiger partial charge on any atom is 0.416 e. The van der Waals surface area contributed by atoms with Crippen molar-refractivity contribution in [2.75, 3.05) is 11.1 Å². The largest absolute Gasteiger partial charge is 0.416 e. The van der Waals surface area contributed by atoms with Crippen molar-refractivity contribution in [3.63, 3.8) is 0 Å². The lowest BCUT2D eigenvalue weighted by molar-refractivity contribution is -0.137. The van der Waals surface area contributed by atoms with E-state index in [4.69, 9.17) is 5.73 Å². The number of hydrogen-bond donors (Lipinski definition) is 3. The number of urea groups is 1. The predicted molar refractivity (Wildman–Crippen MR) is 78.8 cm³/mol. The predicted octanol–water partition coefficient (Wildman–Crippen LogP) is 3.25. The molecule has 0 radical (unpaired) electrons. The summed E-state index contributed by atoms with van der Waals surface area (Å²) in [5.74, 6) is -0.715. The lowest BCUT2D eigenvalue weighted by Gasteiger charge is -2.10. The van der Waals surface area contributed by atoms with Gasteiger partial charge in [0.25, 0.3) is 5.91 Å². The Hall–Kier alpha value is -3.03. The average molecular weight is 323 g/mol. The van der Waals surface area contributed by atoms with Crippen molar-refractivity contribution in [2.24, 2.45) is 0 Å². The van der Waals surface area contributed by atoms with Crippen molar-refractivity contribution in [1.82, 2.24) is 5.32 Å². The highest BCUT2D eigenvalue weighted by Gasteiger charge is 2.30. The zero-order valence-corrected chi connectivity index (χ0v) is 11.6. The first-order chi connectivity index (χ1) is 10.8. The molecule has 5 nitrogen and oxygen atoms in total. The van der Waals surface area contributed by atoms with Gasteiger partial charge in [-0.25, -0.2) is 4.79 Å². The van der Waals surface area contributed by atoms with Gasteiger partial charge in [0.2, 0.25) is 0 Å². The number of nitrogens with two attached hydrogens (primary N) is 1. The third kappa shape index (κ3) is 4.22. The topological polar surface area (TPSA) is 84.2 Å². The second-order valence-corrected chi connectivity index (χ2v) is 4.57. The lowest BCUT2D eigenvalue weighted by atomic mass is 10.2. The number of carbonyl (C=O) groups is 2. The number of rotatable bonds is 2. The molecule has 0 atom stereocenters. The fourth-order valence-electron chi connectivity index (χ4n) is 1.78. The molecule has 0 fully saturated rings. The summed E-state index contributed by atoms with van der Waals surface area (Å²) >= 11 is 0. The first-order valence-corrected chi connectivity index (χ1v) is 6.41. The molecule has 0 aliphatic carbocycles. The molecule has 0 heterocycles. The number of carbonyl (C=O) groups excluding carboxylic acids is 2. The summed E-state index contributed by atoms with van der Waals surface area (Å²) in [6.45, 7) is 0. The number of hydrogen-bond acceptors (Lipinski definition) is 3. The van der Waals surface area contributed by atoms with Crippen molar-refractivity contribution in [2.45, 2.75) is 6.18 Å². The fraction of sp³-hybridized carbons (Fsp3) is 0.0667. The number of amides is 3. The molecule has 2 aromatic carbocycles. The van der Waals surface area contributed by atoms with Gasteiger partial charge in [-0.2, -0.15) is 13.2 Å². The van der Waals surface area contributed by atoms with E-state index < -0.39 is 23.7 Å². The highest BCUT2D eigenvalue weighted by Crippen LogP contribution is 2.29. The lowest BCUT2D eigenvalue weighted by Crippen LogP contribution is -2.34. The first-order valence-electron chi connectivity index (χ1n) is 6.41. The van der Waals surface area contributed by atoms with Crippen LogP contribution in [0.25, 0.3) is 0 Å². The van der Waals surface area contributed by atoms with Crippen LogP contribution in [0.1, 0.15) is 15.9 Å². The van der Waals surface area contributed by atoms with Crippen LogP contribution in [0.15, 0.2) is 48.5 Å². The summed E-state index contributed by atoms with van der Waals surface area (Å²) in [7, 11) is 0. The van der Waals surface area contributed by atoms with Crippen LogP contribution in [0.5, 0.6) is 0 Å². The molecule has 3 amide bonds. The SMILES string of the molecule is Nc1ccccc1C(=O)NC(=O)Nc1ccc(C(F)(F)F)cc1. The van der Waals surface area contributed by atoms with E-state index in [1.54, 1.807) is 12.1 Å². The van der Waals surface area contributed by atoms with Crippen molar-refractivity contribution >= 4 is 23.3 Å². The van der Waals surface area contributed by atoms with Gasteiger partial charge < -0.3 is 11.1 Å². The molecule has 120 valence electrons. The van der Waals surface area contributed by atoms with Gasteiger partial charge in [-0.15, -0.1) is 0 Å². The molecular weight excluding hydrogens is 311 g/mol. The monoisotopic (exact) mass is 323 g/mol. The summed E-state index contributed by atoms with van der Waals surface area (Å²) in [4.78, 5) is 23.5. The number of halogens is 3. The molecule has 0 spiro atoms. The molecule has 0 aromatic heterocycles. The van der Waals surface area contributed by atoms with E-state index in [9.17, 15) is 22.8 Å². The van der Waals surface area contributed by atoms with Gasteiger partial charge in [0.1, 0.15) is 0 Å². The number of imide groups is 1. The van der Waals surface area contributed by atoms with Crippen LogP contribution in [0.4, 0.5) is 29.3 Å². The van der Waals surface area contributed by atoms with E-state index in [2.05, 4.69) is 5.32 Å². The quantitative estimate of drug-likeness (QED) is 0.742. The Bertz CT molecular complexity index is 727. The Kier molecular flexibility index (Phi) is 4.54.